The molecule has 0 fully saturated rings. The molecule has 12 rings (SSSR count). The lowest BCUT2D eigenvalue weighted by atomic mass is 9.35. The van der Waals surface area contributed by atoms with Gasteiger partial charge >= 0.3 is 0 Å². The van der Waals surface area contributed by atoms with E-state index in [1.165, 1.54) is 154 Å². The predicted octanol–water partition coefficient (Wildman–Crippen LogP) is 17.8. The fourth-order valence-electron chi connectivity index (χ4n) is 14.6. The average molecular weight is 1030 g/mol. The van der Waals surface area contributed by atoms with E-state index in [-0.39, 0.29) is 44.6 Å². The first-order valence-electron chi connectivity index (χ1n) is 28.7. The standard InChI is InChI=1S/C70H85BN2SSi/c1-42-34-58-61-59(35-42)73(56-27-22-44(64(2,3)4)36-47(56)43-20-24-46(25-21-43)75(17,18)19)57-40-53-52(68(11,12)31-32-69(53,13)14)39-55(57)71(61)63-62(48-38-51-54(41-60(48)74-63)70(15,16)33-30-67(51,9)10)72(58)45-23-26-49-50(37-45)66(7,8)29-28-65(49,5)6/h20-27,34-41H,28-33H2,1-19H3. The van der Waals surface area contributed by atoms with E-state index in [2.05, 4.69) is 249 Å². The van der Waals surface area contributed by atoms with Crippen LogP contribution in [0.5, 0.6) is 0 Å². The smallest absolute Gasteiger partial charge is 0.264 e. The highest BCUT2D eigenvalue weighted by Gasteiger charge is 2.49. The second kappa shape index (κ2) is 16.1. The summed E-state index contributed by atoms with van der Waals surface area (Å²) in [6, 6.07) is 40.8. The Balaban J connectivity index is 1.22. The van der Waals surface area contributed by atoms with Crippen molar-refractivity contribution in [1.29, 1.82) is 0 Å². The molecule has 0 N–H and O–H groups in total. The van der Waals surface area contributed by atoms with E-state index in [0.717, 1.165) is 0 Å². The maximum Gasteiger partial charge on any atom is 0.264 e. The Bertz CT molecular complexity index is 3550. The Hall–Kier alpha value is -4.84. The second-order valence-electron chi connectivity index (χ2n) is 30.3. The fourth-order valence-corrected chi connectivity index (χ4v) is 17.1. The lowest BCUT2D eigenvalue weighted by Gasteiger charge is -2.47. The Morgan fingerprint density at radius 2 is 1.00 bits per heavy atom. The van der Waals surface area contributed by atoms with Gasteiger partial charge in [0.25, 0.3) is 6.71 Å². The summed E-state index contributed by atoms with van der Waals surface area (Å²) >= 11 is 2.09. The molecule has 3 heterocycles. The summed E-state index contributed by atoms with van der Waals surface area (Å²) in [5.74, 6) is 0. The molecule has 75 heavy (non-hydrogen) atoms. The van der Waals surface area contributed by atoms with E-state index < -0.39 is 8.07 Å². The number of anilines is 6. The van der Waals surface area contributed by atoms with Crippen molar-refractivity contribution in [3.05, 3.63) is 142 Å². The molecule has 0 saturated heterocycles. The first kappa shape index (κ1) is 50.9. The number of thiophene rings is 1. The van der Waals surface area contributed by atoms with Gasteiger partial charge in [0.15, 0.2) is 0 Å². The van der Waals surface area contributed by atoms with Crippen molar-refractivity contribution in [2.24, 2.45) is 0 Å². The van der Waals surface area contributed by atoms with Crippen LogP contribution in [-0.2, 0) is 37.9 Å². The summed E-state index contributed by atoms with van der Waals surface area (Å²) in [5, 5.41) is 2.91. The van der Waals surface area contributed by atoms with Gasteiger partial charge in [-0.3, -0.25) is 0 Å². The van der Waals surface area contributed by atoms with E-state index in [9.17, 15) is 0 Å². The summed E-state index contributed by atoms with van der Waals surface area (Å²) in [4.78, 5) is 5.53. The Morgan fingerprint density at radius 3 is 1.56 bits per heavy atom. The average Bonchev–Trinajstić information content (AvgIpc) is 3.70. The normalized spacial score (nSPS) is 20.2. The third-order valence-electron chi connectivity index (χ3n) is 20.0. The molecule has 0 amide bonds. The van der Waals surface area contributed by atoms with Crippen LogP contribution >= 0.6 is 11.3 Å². The van der Waals surface area contributed by atoms with E-state index in [1.54, 1.807) is 5.56 Å². The van der Waals surface area contributed by atoms with E-state index in [1.807, 2.05) is 0 Å². The summed E-state index contributed by atoms with van der Waals surface area (Å²) in [5.41, 5.74) is 25.6. The highest BCUT2D eigenvalue weighted by Crippen LogP contribution is 2.56. The number of hydrogen-bond donors (Lipinski definition) is 0. The van der Waals surface area contributed by atoms with Gasteiger partial charge in [0.1, 0.15) is 0 Å². The van der Waals surface area contributed by atoms with Crippen LogP contribution < -0.4 is 30.7 Å². The van der Waals surface area contributed by atoms with E-state index >= 15 is 0 Å². The summed E-state index contributed by atoms with van der Waals surface area (Å²) in [7, 11) is -1.53. The van der Waals surface area contributed by atoms with Gasteiger partial charge in [-0.1, -0.05) is 171 Å². The molecule has 7 aromatic rings. The summed E-state index contributed by atoms with van der Waals surface area (Å²) in [6.07, 6.45) is 7.13. The first-order chi connectivity index (χ1) is 34.8. The SMILES string of the molecule is Cc1cc2c3c(c1)N(c1ccc4c(c1)C(C)(C)CCC4(C)C)c1c(sc4cc5c(cc14)C(C)(C)CCC5(C)C)B3c1cc3c(cc1N2c1ccc(C(C)(C)C)cc1-c1ccc([Si](C)(C)C)cc1)C(C)(C)CCC3(C)C. The molecule has 2 nitrogen and oxygen atoms in total. The molecule has 2 aliphatic heterocycles. The van der Waals surface area contributed by atoms with Gasteiger partial charge in [0.2, 0.25) is 0 Å². The Morgan fingerprint density at radius 1 is 0.493 bits per heavy atom. The van der Waals surface area contributed by atoms with Gasteiger partial charge in [0.05, 0.1) is 19.4 Å². The second-order valence-corrected chi connectivity index (χ2v) is 36.5. The molecule has 0 bridgehead atoms. The first-order valence-corrected chi connectivity index (χ1v) is 33.1. The molecule has 3 aliphatic carbocycles. The Labute approximate surface area is 457 Å². The fraction of sp³-hybridized carbons (Fsp3) is 0.457. The molecule has 0 saturated carbocycles. The van der Waals surface area contributed by atoms with Crippen molar-refractivity contribution in [2.45, 2.75) is 207 Å². The van der Waals surface area contributed by atoms with Crippen LogP contribution in [0.3, 0.4) is 0 Å². The van der Waals surface area contributed by atoms with Crippen molar-refractivity contribution >= 4 is 91.2 Å². The highest BCUT2D eigenvalue weighted by atomic mass is 32.1. The van der Waals surface area contributed by atoms with Crippen molar-refractivity contribution in [2.75, 3.05) is 9.80 Å². The zero-order chi connectivity index (χ0) is 53.7. The largest absolute Gasteiger partial charge is 0.311 e. The molecule has 5 heteroatoms. The topological polar surface area (TPSA) is 6.48 Å². The Kier molecular flexibility index (Phi) is 11.0. The number of benzene rings is 6. The van der Waals surface area contributed by atoms with Crippen molar-refractivity contribution in [3.63, 3.8) is 0 Å². The number of nitrogens with zero attached hydrogens (tertiary/aromatic N) is 2. The number of fused-ring (bicyclic) bond motifs is 9. The highest BCUT2D eigenvalue weighted by molar-refractivity contribution is 7.33. The third-order valence-corrected chi connectivity index (χ3v) is 23.3. The quantitative estimate of drug-likeness (QED) is 0.162. The molecule has 0 unspecified atom stereocenters. The maximum absolute atomic E-state index is 2.77. The third kappa shape index (κ3) is 7.79. The van der Waals surface area contributed by atoms with Gasteiger partial charge < -0.3 is 9.80 Å². The maximum atomic E-state index is 2.77. The molecular formula is C70H85BN2SSi. The lowest BCUT2D eigenvalue weighted by Crippen LogP contribution is -2.61. The summed E-state index contributed by atoms with van der Waals surface area (Å²) in [6.45, 7) is 46.9. The van der Waals surface area contributed by atoms with Crippen LogP contribution in [0.1, 0.15) is 187 Å². The number of hydrogen-bond acceptors (Lipinski definition) is 3. The van der Waals surface area contributed by atoms with Crippen molar-refractivity contribution in [3.8, 4) is 11.1 Å². The van der Waals surface area contributed by atoms with Crippen molar-refractivity contribution < 1.29 is 0 Å². The number of aryl methyl sites for hydroxylation is 1. The van der Waals surface area contributed by atoms with Gasteiger partial charge in [-0.2, -0.15) is 0 Å². The molecule has 0 spiro atoms. The van der Waals surface area contributed by atoms with Gasteiger partial charge in [-0.15, -0.1) is 11.3 Å². The van der Waals surface area contributed by atoms with Crippen LogP contribution in [0, 0.1) is 6.92 Å². The minimum atomic E-state index is -1.53. The molecule has 388 valence electrons. The van der Waals surface area contributed by atoms with E-state index in [0.29, 0.717) is 0 Å². The molecule has 0 radical (unpaired) electrons. The molecular weight excluding hydrogens is 940 g/mol. The zero-order valence-corrected chi connectivity index (χ0v) is 51.2. The van der Waals surface area contributed by atoms with Gasteiger partial charge in [-0.05, 0) is 199 Å². The number of rotatable bonds is 4. The zero-order valence-electron chi connectivity index (χ0n) is 49.4. The molecule has 1 aromatic heterocycles. The van der Waals surface area contributed by atoms with E-state index in [4.69, 9.17) is 0 Å². The van der Waals surface area contributed by atoms with Crippen LogP contribution in [-0.4, -0.2) is 14.8 Å². The van der Waals surface area contributed by atoms with Crippen LogP contribution in [0.25, 0.3) is 21.2 Å². The van der Waals surface area contributed by atoms with Crippen LogP contribution in [0.15, 0.2) is 97.1 Å². The monoisotopic (exact) mass is 1020 g/mol. The van der Waals surface area contributed by atoms with Gasteiger partial charge in [0, 0.05) is 43.2 Å². The predicted molar refractivity (Wildman–Crippen MR) is 334 cm³/mol. The van der Waals surface area contributed by atoms with Gasteiger partial charge in [-0.25, -0.2) is 0 Å². The van der Waals surface area contributed by atoms with Crippen molar-refractivity contribution in [1.82, 2.24) is 0 Å². The summed E-state index contributed by atoms with van der Waals surface area (Å²) < 4.78 is 2.90. The van der Waals surface area contributed by atoms with Crippen LogP contribution in [0.2, 0.25) is 19.6 Å². The minimum Gasteiger partial charge on any atom is -0.311 e. The molecule has 5 aliphatic rings. The van der Waals surface area contributed by atoms with Crippen LogP contribution in [0.4, 0.5) is 34.1 Å². The molecule has 0 atom stereocenters. The minimum absolute atomic E-state index is 0.0198. The molecule has 6 aromatic carbocycles. The lowest BCUT2D eigenvalue weighted by molar-refractivity contribution is 0.332.